The summed E-state index contributed by atoms with van der Waals surface area (Å²) in [5.74, 6) is 0.600. The number of nitrogens with zero attached hydrogens (tertiary/aromatic N) is 2. The summed E-state index contributed by atoms with van der Waals surface area (Å²) in [5.41, 5.74) is -0.865. The van der Waals surface area contributed by atoms with E-state index in [9.17, 15) is 14.4 Å². The fourth-order valence-corrected chi connectivity index (χ4v) is 3.92. The lowest BCUT2D eigenvalue weighted by atomic mass is 9.73. The van der Waals surface area contributed by atoms with Crippen LogP contribution in [0.3, 0.4) is 0 Å². The molecule has 1 aromatic heterocycles. The zero-order valence-electron chi connectivity index (χ0n) is 20.6. The Morgan fingerprint density at radius 3 is 2.26 bits per heavy atom. The molecule has 0 spiro atoms. The Morgan fingerprint density at radius 2 is 1.65 bits per heavy atom. The van der Waals surface area contributed by atoms with Crippen LogP contribution in [0.4, 0.5) is 0 Å². The molecule has 1 atom stereocenters. The quantitative estimate of drug-likeness (QED) is 0.286. The van der Waals surface area contributed by atoms with Crippen molar-refractivity contribution in [2.24, 2.45) is 17.3 Å². The highest BCUT2D eigenvalue weighted by atomic mass is 16.5. The highest BCUT2D eigenvalue weighted by Gasteiger charge is 2.38. The van der Waals surface area contributed by atoms with Crippen LogP contribution in [0, 0.1) is 17.3 Å². The Bertz CT molecular complexity index is 778. The van der Waals surface area contributed by atoms with Crippen LogP contribution in [0.25, 0.3) is 0 Å². The Labute approximate surface area is 188 Å². The van der Waals surface area contributed by atoms with Gasteiger partial charge in [0.2, 0.25) is 0 Å². The van der Waals surface area contributed by atoms with Crippen LogP contribution in [0.5, 0.6) is 0 Å². The lowest BCUT2D eigenvalue weighted by Gasteiger charge is -2.32. The highest BCUT2D eigenvalue weighted by molar-refractivity contribution is 5.76. The summed E-state index contributed by atoms with van der Waals surface area (Å²) in [6, 6.07) is 1.48. The van der Waals surface area contributed by atoms with Gasteiger partial charge in [-0.3, -0.25) is 14.2 Å². The zero-order chi connectivity index (χ0) is 23.4. The van der Waals surface area contributed by atoms with Gasteiger partial charge in [0, 0.05) is 25.4 Å². The third kappa shape index (κ3) is 8.66. The Balaban J connectivity index is 2.40. The lowest BCUT2D eigenvalue weighted by molar-refractivity contribution is -0.159. The number of carbonyl (C=O) groups is 1. The second-order valence-electron chi connectivity index (χ2n) is 9.71. The van der Waals surface area contributed by atoms with E-state index in [0.29, 0.717) is 25.6 Å². The molecule has 6 heteroatoms. The van der Waals surface area contributed by atoms with Gasteiger partial charge in [0.05, 0.1) is 12.0 Å². The van der Waals surface area contributed by atoms with Gasteiger partial charge >= 0.3 is 11.7 Å². The van der Waals surface area contributed by atoms with E-state index in [4.69, 9.17) is 4.74 Å². The summed E-state index contributed by atoms with van der Waals surface area (Å²) in [6.45, 7) is 14.1. The minimum absolute atomic E-state index is 0.0897. The van der Waals surface area contributed by atoms with Gasteiger partial charge in [-0.1, -0.05) is 53.9 Å². The fraction of sp³-hybridized carbons (Fsp3) is 0.800. The van der Waals surface area contributed by atoms with Crippen molar-refractivity contribution < 1.29 is 9.53 Å². The first-order valence-electron chi connectivity index (χ1n) is 12.1. The molecule has 6 nitrogen and oxygen atoms in total. The third-order valence-electron chi connectivity index (χ3n) is 6.22. The van der Waals surface area contributed by atoms with E-state index >= 15 is 0 Å². The minimum Gasteiger partial charge on any atom is -0.465 e. The number of carbonyl (C=O) groups excluding carboxylic acids is 1. The van der Waals surface area contributed by atoms with Gasteiger partial charge in [-0.15, -0.1) is 0 Å². The smallest absolute Gasteiger partial charge is 0.330 e. The molecule has 1 unspecified atom stereocenters. The molecule has 1 aromatic rings. The minimum atomic E-state index is -0.435. The maximum atomic E-state index is 12.6. The van der Waals surface area contributed by atoms with Crippen LogP contribution in [0.2, 0.25) is 0 Å². The molecule has 0 aliphatic carbocycles. The molecular formula is C25H44N2O4. The Hall–Kier alpha value is -1.85. The second-order valence-corrected chi connectivity index (χ2v) is 9.71. The van der Waals surface area contributed by atoms with Gasteiger partial charge in [0.25, 0.3) is 5.56 Å². The van der Waals surface area contributed by atoms with Crippen molar-refractivity contribution in [1.82, 2.24) is 9.13 Å². The first kappa shape index (κ1) is 27.2. The topological polar surface area (TPSA) is 70.3 Å². The summed E-state index contributed by atoms with van der Waals surface area (Å²) < 4.78 is 8.57. The molecule has 0 radical (unpaired) electrons. The van der Waals surface area contributed by atoms with E-state index in [-0.39, 0.29) is 23.1 Å². The van der Waals surface area contributed by atoms with Crippen LogP contribution in [0.15, 0.2) is 21.9 Å². The largest absolute Gasteiger partial charge is 0.465 e. The second kappa shape index (κ2) is 13.5. The van der Waals surface area contributed by atoms with E-state index < -0.39 is 5.41 Å². The average Bonchev–Trinajstić information content (AvgIpc) is 2.70. The average molecular weight is 437 g/mol. The van der Waals surface area contributed by atoms with E-state index in [1.165, 1.54) is 10.6 Å². The molecule has 0 fully saturated rings. The van der Waals surface area contributed by atoms with Crippen molar-refractivity contribution in [3.8, 4) is 0 Å². The molecule has 0 aliphatic heterocycles. The molecule has 31 heavy (non-hydrogen) atoms. The first-order chi connectivity index (χ1) is 14.6. The summed E-state index contributed by atoms with van der Waals surface area (Å²) in [6.07, 6.45) is 8.93. The van der Waals surface area contributed by atoms with Crippen molar-refractivity contribution in [3.05, 3.63) is 33.1 Å². The molecule has 0 aromatic carbocycles. The lowest BCUT2D eigenvalue weighted by Crippen LogP contribution is -2.39. The van der Waals surface area contributed by atoms with Gasteiger partial charge in [-0.05, 0) is 50.9 Å². The Kier molecular flexibility index (Phi) is 11.9. The molecule has 0 aliphatic rings. The van der Waals surface area contributed by atoms with Crippen molar-refractivity contribution >= 4 is 5.97 Å². The van der Waals surface area contributed by atoms with Crippen molar-refractivity contribution in [2.75, 3.05) is 6.61 Å². The summed E-state index contributed by atoms with van der Waals surface area (Å²) in [7, 11) is 0. The molecule has 1 rings (SSSR count). The van der Waals surface area contributed by atoms with E-state index in [1.54, 1.807) is 10.8 Å². The molecule has 0 bridgehead atoms. The summed E-state index contributed by atoms with van der Waals surface area (Å²) >= 11 is 0. The SMILES string of the molecule is CCCCCn1c(=O)ccn(CCCCCCOC(=O)C(C)(CC(C)C)C(C)C)c1=O. The number of ether oxygens (including phenoxy) is 1. The van der Waals surface area contributed by atoms with Gasteiger partial charge in [-0.25, -0.2) is 4.79 Å². The molecule has 0 saturated carbocycles. The summed E-state index contributed by atoms with van der Waals surface area (Å²) in [5, 5.41) is 0. The standard InChI is InChI=1S/C25H44N2O4/c1-7-8-11-16-27-22(28)14-17-26(24(27)30)15-12-9-10-13-18-31-23(29)25(6,21(4)5)19-20(2)3/h14,17,20-21H,7-13,15-16,18-19H2,1-6H3. The number of aryl methyl sites for hydroxylation is 1. The number of esters is 1. The molecule has 178 valence electrons. The van der Waals surface area contributed by atoms with Crippen LogP contribution in [0.1, 0.15) is 92.9 Å². The van der Waals surface area contributed by atoms with Crippen LogP contribution in [-0.4, -0.2) is 21.7 Å². The maximum absolute atomic E-state index is 12.6. The van der Waals surface area contributed by atoms with Gasteiger partial charge < -0.3 is 9.30 Å². The normalized spacial score (nSPS) is 13.5. The fourth-order valence-electron chi connectivity index (χ4n) is 3.92. The number of aromatic nitrogens is 2. The van der Waals surface area contributed by atoms with Crippen LogP contribution in [-0.2, 0) is 22.6 Å². The number of rotatable bonds is 15. The predicted octanol–water partition coefficient (Wildman–Crippen LogP) is 5.01. The predicted molar refractivity (Wildman–Crippen MR) is 126 cm³/mol. The van der Waals surface area contributed by atoms with Crippen molar-refractivity contribution in [2.45, 2.75) is 106 Å². The Morgan fingerprint density at radius 1 is 1.00 bits per heavy atom. The first-order valence-corrected chi connectivity index (χ1v) is 12.1. The molecule has 0 saturated heterocycles. The highest BCUT2D eigenvalue weighted by Crippen LogP contribution is 2.35. The number of hydrogen-bond donors (Lipinski definition) is 0. The van der Waals surface area contributed by atoms with Crippen LogP contribution >= 0.6 is 0 Å². The monoisotopic (exact) mass is 436 g/mol. The molecule has 0 amide bonds. The van der Waals surface area contributed by atoms with Crippen molar-refractivity contribution in [1.29, 1.82) is 0 Å². The molecular weight excluding hydrogens is 392 g/mol. The van der Waals surface area contributed by atoms with Crippen LogP contribution < -0.4 is 11.2 Å². The van der Waals surface area contributed by atoms with Gasteiger partial charge in [0.15, 0.2) is 0 Å². The van der Waals surface area contributed by atoms with E-state index in [2.05, 4.69) is 34.6 Å². The van der Waals surface area contributed by atoms with Gasteiger partial charge in [0.1, 0.15) is 0 Å². The molecule has 1 heterocycles. The van der Waals surface area contributed by atoms with Gasteiger partial charge in [-0.2, -0.15) is 0 Å². The number of hydrogen-bond acceptors (Lipinski definition) is 4. The van der Waals surface area contributed by atoms with Crippen molar-refractivity contribution in [3.63, 3.8) is 0 Å². The zero-order valence-corrected chi connectivity index (χ0v) is 20.6. The van der Waals surface area contributed by atoms with E-state index in [1.807, 2.05) is 6.92 Å². The maximum Gasteiger partial charge on any atom is 0.330 e. The third-order valence-corrected chi connectivity index (χ3v) is 6.22. The number of unbranched alkanes of at least 4 members (excludes halogenated alkanes) is 5. The summed E-state index contributed by atoms with van der Waals surface area (Å²) in [4.78, 5) is 37.1. The van der Waals surface area contributed by atoms with E-state index in [0.717, 1.165) is 51.4 Å². The molecule has 0 N–H and O–H groups in total.